The van der Waals surface area contributed by atoms with Gasteiger partial charge in [-0.2, -0.15) is 0 Å². The van der Waals surface area contributed by atoms with E-state index in [9.17, 15) is 18.6 Å². The average Bonchev–Trinajstić information content (AvgIpc) is 2.94. The van der Waals surface area contributed by atoms with Crippen LogP contribution < -0.4 is 15.4 Å². The van der Waals surface area contributed by atoms with E-state index in [1.807, 2.05) is 0 Å². The third kappa shape index (κ3) is 7.82. The molecule has 4 aromatic rings. The summed E-state index contributed by atoms with van der Waals surface area (Å²) in [5.74, 6) is 2.45. The second-order valence-electron chi connectivity index (χ2n) is 8.16. The van der Waals surface area contributed by atoms with Gasteiger partial charge < -0.3 is 10.6 Å². The number of carbonyl (C=O) groups excluding carboxylic acids is 3. The summed E-state index contributed by atoms with van der Waals surface area (Å²) in [6.45, 7) is 0. The number of amides is 3. The first-order valence-electron chi connectivity index (χ1n) is 11.5. The molecule has 0 aliphatic rings. The molecule has 0 aliphatic heterocycles. The number of benzene rings is 2. The van der Waals surface area contributed by atoms with Gasteiger partial charge in [0.25, 0.3) is 11.8 Å². The van der Waals surface area contributed by atoms with E-state index in [0.717, 1.165) is 4.90 Å². The Morgan fingerprint density at radius 3 is 2.25 bits per heavy atom. The molecule has 0 saturated carbocycles. The number of hydrogen-bond donors (Lipinski definition) is 3. The molecule has 1 unspecified atom stereocenters. The summed E-state index contributed by atoms with van der Waals surface area (Å²) < 4.78 is 15.5. The van der Waals surface area contributed by atoms with Crippen LogP contribution in [0.25, 0.3) is 0 Å². The summed E-state index contributed by atoms with van der Waals surface area (Å²) in [5.41, 5.74) is 0.548. The number of thioether (sulfide) groups is 1. The van der Waals surface area contributed by atoms with E-state index < -0.39 is 27.4 Å². The van der Waals surface area contributed by atoms with E-state index in [2.05, 4.69) is 31.2 Å². The minimum atomic E-state index is -3.16. The normalized spacial score (nSPS) is 12.2. The molecule has 0 spiro atoms. The average molecular weight is 615 g/mol. The van der Waals surface area contributed by atoms with Gasteiger partial charge >= 0.3 is 0 Å². The summed E-state index contributed by atoms with van der Waals surface area (Å²) in [7, 11) is -3.16. The standard InChI is InChI=1S/C27H21Cl2N5O4S2/c1-40(38,34-25(35)16-39-20-10-12-30-13-11-20)21-6-2-17(3-7-21)26(36)32-23-8-4-18(28)14-22(23)27(37)33-24-9-5-19(29)15-31-24/h2-15H,1,16H2,(H,32,36)(H,31,33,37)(H,34,35,38). The molecule has 204 valence electrons. The zero-order chi connectivity index (χ0) is 28.7. The van der Waals surface area contributed by atoms with Crippen molar-refractivity contribution in [3.63, 3.8) is 0 Å². The van der Waals surface area contributed by atoms with Gasteiger partial charge in [0.2, 0.25) is 5.91 Å². The predicted molar refractivity (Wildman–Crippen MR) is 160 cm³/mol. The van der Waals surface area contributed by atoms with Crippen molar-refractivity contribution < 1.29 is 18.6 Å². The Kier molecular flexibility index (Phi) is 9.43. The smallest absolute Gasteiger partial charge is 0.258 e. The number of carbonyl (C=O) groups is 3. The van der Waals surface area contributed by atoms with Gasteiger partial charge in [-0.25, -0.2) is 9.19 Å². The molecule has 2 aromatic heterocycles. The first-order chi connectivity index (χ1) is 19.1. The molecular weight excluding hydrogens is 593 g/mol. The Bertz CT molecular complexity index is 1650. The molecule has 40 heavy (non-hydrogen) atoms. The maximum atomic E-state index is 13.1. The summed E-state index contributed by atoms with van der Waals surface area (Å²) >= 11 is 13.2. The Labute approximate surface area is 244 Å². The number of hydrogen-bond acceptors (Lipinski definition) is 7. The van der Waals surface area contributed by atoms with Crippen LogP contribution in [-0.4, -0.2) is 43.5 Å². The monoisotopic (exact) mass is 613 g/mol. The van der Waals surface area contributed by atoms with Crippen LogP contribution in [0.1, 0.15) is 20.7 Å². The fourth-order valence-electron chi connectivity index (χ4n) is 3.32. The van der Waals surface area contributed by atoms with E-state index in [4.69, 9.17) is 23.2 Å². The van der Waals surface area contributed by atoms with Gasteiger partial charge in [-0.15, -0.1) is 11.8 Å². The Morgan fingerprint density at radius 2 is 1.57 bits per heavy atom. The zero-order valence-electron chi connectivity index (χ0n) is 20.6. The lowest BCUT2D eigenvalue weighted by atomic mass is 10.1. The van der Waals surface area contributed by atoms with E-state index in [-0.39, 0.29) is 33.3 Å². The van der Waals surface area contributed by atoms with Gasteiger partial charge in [-0.05, 0) is 72.6 Å². The van der Waals surface area contributed by atoms with Crippen molar-refractivity contribution in [1.29, 1.82) is 0 Å². The summed E-state index contributed by atoms with van der Waals surface area (Å²) in [6.07, 6.45) is 4.62. The molecule has 4 rings (SSSR count). The number of nitrogens with zero attached hydrogens (tertiary/aromatic N) is 2. The molecule has 1 atom stereocenters. The maximum absolute atomic E-state index is 13.1. The third-order valence-corrected chi connectivity index (χ3v) is 8.30. The first-order valence-corrected chi connectivity index (χ1v) is 14.9. The van der Waals surface area contributed by atoms with Crippen molar-refractivity contribution in [3.05, 3.63) is 106 Å². The highest BCUT2D eigenvalue weighted by atomic mass is 35.5. The minimum Gasteiger partial charge on any atom is -0.321 e. The van der Waals surface area contributed by atoms with Crippen molar-refractivity contribution in [3.8, 4) is 0 Å². The largest absolute Gasteiger partial charge is 0.321 e. The van der Waals surface area contributed by atoms with Gasteiger partial charge in [0, 0.05) is 39.0 Å². The molecule has 13 heteroatoms. The van der Waals surface area contributed by atoms with Crippen LogP contribution in [-0.2, 0) is 14.5 Å². The highest BCUT2D eigenvalue weighted by molar-refractivity contribution is 8.01. The third-order valence-electron chi connectivity index (χ3n) is 5.24. The predicted octanol–water partition coefficient (Wildman–Crippen LogP) is 5.19. The second kappa shape index (κ2) is 13.0. The minimum absolute atomic E-state index is 0.0437. The topological polar surface area (TPSA) is 130 Å². The lowest BCUT2D eigenvalue weighted by Gasteiger charge is -2.14. The molecule has 0 fully saturated rings. The van der Waals surface area contributed by atoms with E-state index >= 15 is 0 Å². The lowest BCUT2D eigenvalue weighted by molar-refractivity contribution is -0.116. The van der Waals surface area contributed by atoms with Crippen molar-refractivity contribution >= 4 is 79.8 Å². The first kappa shape index (κ1) is 29.1. The molecule has 3 N–H and O–H groups in total. The molecule has 0 radical (unpaired) electrons. The van der Waals surface area contributed by atoms with Crippen LogP contribution in [0, 0.1) is 0 Å². The molecule has 2 heterocycles. The van der Waals surface area contributed by atoms with Gasteiger partial charge in [0.15, 0.2) is 0 Å². The number of aromatic nitrogens is 2. The highest BCUT2D eigenvalue weighted by Gasteiger charge is 2.17. The van der Waals surface area contributed by atoms with Gasteiger partial charge in [0.05, 0.1) is 31.7 Å². The Morgan fingerprint density at radius 1 is 0.875 bits per heavy atom. The van der Waals surface area contributed by atoms with Crippen LogP contribution in [0.15, 0.2) is 95.1 Å². The number of nitrogens with one attached hydrogen (secondary N) is 3. The Hall–Kier alpha value is -3.90. The summed E-state index contributed by atoms with van der Waals surface area (Å²) in [5, 5.41) is 6.02. The highest BCUT2D eigenvalue weighted by Crippen LogP contribution is 2.23. The summed E-state index contributed by atoms with van der Waals surface area (Å²) in [6, 6.07) is 16.9. The molecule has 0 saturated heterocycles. The molecule has 9 nitrogen and oxygen atoms in total. The molecule has 0 aliphatic carbocycles. The molecule has 3 amide bonds. The van der Waals surface area contributed by atoms with Crippen LogP contribution in [0.5, 0.6) is 0 Å². The number of rotatable bonds is 9. The fraction of sp³-hybridized carbons (Fsp3) is 0.0370. The van der Waals surface area contributed by atoms with Crippen LogP contribution in [0.2, 0.25) is 10.0 Å². The quantitative estimate of drug-likeness (QED) is 0.175. The molecule has 2 aromatic carbocycles. The van der Waals surface area contributed by atoms with Crippen LogP contribution in [0.3, 0.4) is 0 Å². The molecule has 0 bridgehead atoms. The Balaban J connectivity index is 1.42. The SMILES string of the molecule is C=S(=O)(NC(=O)CSc1ccncc1)c1ccc(C(=O)Nc2ccc(Cl)cc2C(=O)Nc2ccc(Cl)cn2)cc1. The van der Waals surface area contributed by atoms with Crippen LogP contribution >= 0.6 is 35.0 Å². The number of pyridine rings is 2. The maximum Gasteiger partial charge on any atom is 0.258 e. The van der Waals surface area contributed by atoms with E-state index in [0.29, 0.717) is 10.0 Å². The fourth-order valence-corrected chi connectivity index (χ4v) is 5.52. The van der Waals surface area contributed by atoms with E-state index in [1.54, 1.807) is 30.6 Å². The van der Waals surface area contributed by atoms with Crippen molar-refractivity contribution in [2.75, 3.05) is 16.4 Å². The number of anilines is 2. The zero-order valence-corrected chi connectivity index (χ0v) is 23.7. The second-order valence-corrected chi connectivity index (χ2v) is 12.1. The van der Waals surface area contributed by atoms with Gasteiger partial charge in [-0.1, -0.05) is 23.2 Å². The van der Waals surface area contributed by atoms with Crippen molar-refractivity contribution in [1.82, 2.24) is 14.7 Å². The van der Waals surface area contributed by atoms with Gasteiger partial charge in [0.1, 0.15) is 5.82 Å². The lowest BCUT2D eigenvalue weighted by Crippen LogP contribution is -2.31. The van der Waals surface area contributed by atoms with Crippen molar-refractivity contribution in [2.45, 2.75) is 9.79 Å². The van der Waals surface area contributed by atoms with Gasteiger partial charge in [-0.3, -0.25) is 24.1 Å². The van der Waals surface area contributed by atoms with E-state index in [1.165, 1.54) is 66.5 Å². The molecular formula is C27H21Cl2N5O4S2. The number of halogens is 2. The van der Waals surface area contributed by atoms with Crippen LogP contribution in [0.4, 0.5) is 11.5 Å². The summed E-state index contributed by atoms with van der Waals surface area (Å²) in [4.78, 5) is 47.2. The van der Waals surface area contributed by atoms with Crippen molar-refractivity contribution in [2.24, 2.45) is 0 Å².